The monoisotopic (exact) mass is 272 g/mol. The van der Waals surface area contributed by atoms with E-state index in [4.69, 9.17) is 0 Å². The zero-order valence-corrected chi connectivity index (χ0v) is 12.0. The molecular weight excluding hydrogens is 252 g/mol. The standard InChI is InChI=1S/C12H20N2OS2/c1-3-6-14-10(4-5-13-14)11(15)12-9(2)16-7-8-17-12/h4-5,9,11-12,15H,3,6-8H2,1-2H3. The quantitative estimate of drug-likeness (QED) is 0.914. The molecule has 5 heteroatoms. The van der Waals surface area contributed by atoms with Crippen molar-refractivity contribution >= 4 is 23.5 Å². The molecule has 3 atom stereocenters. The summed E-state index contributed by atoms with van der Waals surface area (Å²) in [5.74, 6) is 2.34. The van der Waals surface area contributed by atoms with Crippen LogP contribution >= 0.6 is 23.5 Å². The van der Waals surface area contributed by atoms with Crippen molar-refractivity contribution in [2.45, 2.75) is 43.4 Å². The van der Waals surface area contributed by atoms with Crippen LogP contribution in [-0.4, -0.2) is 36.9 Å². The zero-order valence-electron chi connectivity index (χ0n) is 10.4. The highest BCUT2D eigenvalue weighted by atomic mass is 32.2. The lowest BCUT2D eigenvalue weighted by Crippen LogP contribution is -2.30. The number of aryl methyl sites for hydroxylation is 1. The van der Waals surface area contributed by atoms with Crippen molar-refractivity contribution in [1.82, 2.24) is 9.78 Å². The minimum absolute atomic E-state index is 0.293. The van der Waals surface area contributed by atoms with Gasteiger partial charge in [0.1, 0.15) is 6.10 Å². The molecule has 1 aromatic heterocycles. The topological polar surface area (TPSA) is 38.0 Å². The number of hydrogen-bond donors (Lipinski definition) is 1. The van der Waals surface area contributed by atoms with Crippen molar-refractivity contribution in [3.63, 3.8) is 0 Å². The predicted octanol–water partition coefficient (Wildman–Crippen LogP) is 2.56. The van der Waals surface area contributed by atoms with Gasteiger partial charge in [-0.25, -0.2) is 0 Å². The molecule has 1 aromatic rings. The van der Waals surface area contributed by atoms with Gasteiger partial charge in [-0.1, -0.05) is 13.8 Å². The fourth-order valence-electron chi connectivity index (χ4n) is 2.16. The second-order valence-electron chi connectivity index (χ2n) is 4.34. The summed E-state index contributed by atoms with van der Waals surface area (Å²) in [7, 11) is 0. The van der Waals surface area contributed by atoms with E-state index in [1.54, 1.807) is 6.20 Å². The molecule has 0 radical (unpaired) electrons. The average molecular weight is 272 g/mol. The van der Waals surface area contributed by atoms with Crippen LogP contribution < -0.4 is 0 Å². The Morgan fingerprint density at radius 1 is 1.53 bits per heavy atom. The Hall–Kier alpha value is -0.130. The number of rotatable bonds is 4. The van der Waals surface area contributed by atoms with Gasteiger partial charge in [-0.15, -0.1) is 0 Å². The van der Waals surface area contributed by atoms with E-state index in [1.165, 1.54) is 5.75 Å². The predicted molar refractivity (Wildman–Crippen MR) is 75.6 cm³/mol. The number of aliphatic hydroxyl groups is 1. The van der Waals surface area contributed by atoms with E-state index >= 15 is 0 Å². The molecule has 0 saturated carbocycles. The first-order valence-electron chi connectivity index (χ1n) is 6.17. The molecule has 3 nitrogen and oxygen atoms in total. The highest BCUT2D eigenvalue weighted by Gasteiger charge is 2.31. The fraction of sp³-hybridized carbons (Fsp3) is 0.750. The van der Waals surface area contributed by atoms with Gasteiger partial charge in [0, 0.05) is 34.7 Å². The van der Waals surface area contributed by atoms with Crippen molar-refractivity contribution < 1.29 is 5.11 Å². The average Bonchev–Trinajstić information content (AvgIpc) is 2.78. The highest BCUT2D eigenvalue weighted by Crippen LogP contribution is 2.38. The highest BCUT2D eigenvalue weighted by molar-refractivity contribution is 8.07. The lowest BCUT2D eigenvalue weighted by Gasteiger charge is -2.31. The molecule has 1 aliphatic rings. The summed E-state index contributed by atoms with van der Waals surface area (Å²) in [4.78, 5) is 0. The molecule has 1 N–H and O–H groups in total. The van der Waals surface area contributed by atoms with E-state index in [2.05, 4.69) is 18.9 Å². The van der Waals surface area contributed by atoms with E-state index < -0.39 is 6.10 Å². The minimum Gasteiger partial charge on any atom is -0.386 e. The third-order valence-corrected chi connectivity index (χ3v) is 6.22. The Bertz CT molecular complexity index is 356. The molecule has 0 amide bonds. The molecule has 0 aliphatic carbocycles. The van der Waals surface area contributed by atoms with Crippen LogP contribution in [0.3, 0.4) is 0 Å². The maximum atomic E-state index is 10.5. The van der Waals surface area contributed by atoms with E-state index in [-0.39, 0.29) is 0 Å². The van der Waals surface area contributed by atoms with E-state index in [1.807, 2.05) is 34.3 Å². The van der Waals surface area contributed by atoms with Gasteiger partial charge in [0.15, 0.2) is 0 Å². The third-order valence-electron chi connectivity index (χ3n) is 3.04. The first kappa shape index (κ1) is 13.3. The summed E-state index contributed by atoms with van der Waals surface area (Å²) in [6, 6.07) is 1.95. The van der Waals surface area contributed by atoms with Gasteiger partial charge in [-0.05, 0) is 12.5 Å². The molecule has 1 saturated heterocycles. The lowest BCUT2D eigenvalue weighted by molar-refractivity contribution is 0.162. The summed E-state index contributed by atoms with van der Waals surface area (Å²) in [6.07, 6.45) is 2.44. The molecule has 17 heavy (non-hydrogen) atoms. The lowest BCUT2D eigenvalue weighted by atomic mass is 10.1. The largest absolute Gasteiger partial charge is 0.386 e. The third kappa shape index (κ3) is 3.01. The number of thioether (sulfide) groups is 2. The Morgan fingerprint density at radius 2 is 2.29 bits per heavy atom. The molecule has 0 aromatic carbocycles. The fourth-order valence-corrected chi connectivity index (χ4v) is 4.97. The van der Waals surface area contributed by atoms with Crippen LogP contribution in [0.1, 0.15) is 32.1 Å². The van der Waals surface area contributed by atoms with Crippen molar-refractivity contribution in [3.05, 3.63) is 18.0 Å². The number of hydrogen-bond acceptors (Lipinski definition) is 4. The van der Waals surface area contributed by atoms with Gasteiger partial charge in [-0.3, -0.25) is 4.68 Å². The molecule has 1 fully saturated rings. The summed E-state index contributed by atoms with van der Waals surface area (Å²) in [6.45, 7) is 5.23. The van der Waals surface area contributed by atoms with Crippen LogP contribution in [0.5, 0.6) is 0 Å². The van der Waals surface area contributed by atoms with E-state index in [0.29, 0.717) is 10.5 Å². The zero-order chi connectivity index (χ0) is 12.3. The van der Waals surface area contributed by atoms with E-state index in [0.717, 1.165) is 24.4 Å². The molecule has 0 bridgehead atoms. The van der Waals surface area contributed by atoms with Gasteiger partial charge < -0.3 is 5.11 Å². The minimum atomic E-state index is -0.392. The van der Waals surface area contributed by atoms with Crippen molar-refractivity contribution in [2.24, 2.45) is 0 Å². The molecule has 2 heterocycles. The van der Waals surface area contributed by atoms with E-state index in [9.17, 15) is 5.11 Å². The smallest absolute Gasteiger partial charge is 0.108 e. The van der Waals surface area contributed by atoms with Crippen LogP contribution in [0.4, 0.5) is 0 Å². The summed E-state index contributed by atoms with van der Waals surface area (Å²) < 4.78 is 1.94. The van der Waals surface area contributed by atoms with Gasteiger partial charge in [0.25, 0.3) is 0 Å². The molecule has 0 spiro atoms. The number of aromatic nitrogens is 2. The second-order valence-corrected chi connectivity index (χ2v) is 7.11. The molecule has 1 aliphatic heterocycles. The van der Waals surface area contributed by atoms with Gasteiger partial charge in [-0.2, -0.15) is 28.6 Å². The molecule has 96 valence electrons. The van der Waals surface area contributed by atoms with Crippen LogP contribution in [0.15, 0.2) is 12.3 Å². The molecule has 2 rings (SSSR count). The summed E-state index contributed by atoms with van der Waals surface area (Å²) in [5, 5.41) is 15.6. The maximum absolute atomic E-state index is 10.5. The number of aliphatic hydroxyl groups excluding tert-OH is 1. The van der Waals surface area contributed by atoms with Gasteiger partial charge >= 0.3 is 0 Å². The Balaban J connectivity index is 2.11. The van der Waals surface area contributed by atoms with Gasteiger partial charge in [0.2, 0.25) is 0 Å². The molecule has 3 unspecified atom stereocenters. The van der Waals surface area contributed by atoms with Crippen LogP contribution in [0, 0.1) is 0 Å². The first-order chi connectivity index (χ1) is 8.24. The Kier molecular flexibility index (Phi) is 4.82. The second kappa shape index (κ2) is 6.16. The Labute approximate surface area is 111 Å². The Morgan fingerprint density at radius 3 is 3.00 bits per heavy atom. The van der Waals surface area contributed by atoms with Crippen LogP contribution in [0.2, 0.25) is 0 Å². The van der Waals surface area contributed by atoms with Crippen LogP contribution in [-0.2, 0) is 6.54 Å². The SMILES string of the molecule is CCCn1nccc1C(O)C1SCCSC1C. The maximum Gasteiger partial charge on any atom is 0.108 e. The van der Waals surface area contributed by atoms with Crippen LogP contribution in [0.25, 0.3) is 0 Å². The van der Waals surface area contributed by atoms with Gasteiger partial charge in [0.05, 0.1) is 5.69 Å². The first-order valence-corrected chi connectivity index (χ1v) is 8.26. The normalized spacial score (nSPS) is 27.0. The number of nitrogens with zero attached hydrogens (tertiary/aromatic N) is 2. The van der Waals surface area contributed by atoms with Crippen molar-refractivity contribution in [1.29, 1.82) is 0 Å². The summed E-state index contributed by atoms with van der Waals surface area (Å²) in [5.41, 5.74) is 0.971. The van der Waals surface area contributed by atoms with Crippen molar-refractivity contribution in [3.8, 4) is 0 Å². The summed E-state index contributed by atoms with van der Waals surface area (Å²) >= 11 is 3.85. The van der Waals surface area contributed by atoms with Crippen molar-refractivity contribution in [2.75, 3.05) is 11.5 Å². The molecular formula is C12H20N2OS2.